The van der Waals surface area contributed by atoms with Crippen LogP contribution in [0.4, 0.5) is 0 Å². The summed E-state index contributed by atoms with van der Waals surface area (Å²) in [4.78, 5) is 59.1. The highest BCUT2D eigenvalue weighted by molar-refractivity contribution is 6.03. The summed E-state index contributed by atoms with van der Waals surface area (Å²) in [6.45, 7) is 5.43. The van der Waals surface area contributed by atoms with Crippen molar-refractivity contribution in [3.8, 4) is 0 Å². The molecule has 0 saturated carbocycles. The maximum absolute atomic E-state index is 12.1. The fourth-order valence-corrected chi connectivity index (χ4v) is 2.59. The Morgan fingerprint density at radius 1 is 1.17 bits per heavy atom. The van der Waals surface area contributed by atoms with Crippen LogP contribution in [0.3, 0.4) is 0 Å². The van der Waals surface area contributed by atoms with Gasteiger partial charge in [0.15, 0.2) is 0 Å². The molecule has 1 N–H and O–H groups in total. The van der Waals surface area contributed by atoms with E-state index in [9.17, 15) is 24.0 Å². The van der Waals surface area contributed by atoms with Gasteiger partial charge in [-0.2, -0.15) is 0 Å². The number of imide groups is 1. The molecular weight excluding hydrogens is 312 g/mol. The first-order valence-corrected chi connectivity index (χ1v) is 8.34. The van der Waals surface area contributed by atoms with Crippen LogP contribution in [0.1, 0.15) is 52.9 Å². The Bertz CT molecular complexity index is 527. The van der Waals surface area contributed by atoms with Gasteiger partial charge in [0.05, 0.1) is 6.54 Å². The van der Waals surface area contributed by atoms with Crippen LogP contribution >= 0.6 is 0 Å². The Morgan fingerprint density at radius 2 is 1.83 bits per heavy atom. The van der Waals surface area contributed by atoms with Gasteiger partial charge in [-0.05, 0) is 19.3 Å². The quantitative estimate of drug-likeness (QED) is 0.595. The molecule has 1 unspecified atom stereocenters. The second-order valence-corrected chi connectivity index (χ2v) is 6.56. The minimum atomic E-state index is -0.330. The van der Waals surface area contributed by atoms with Gasteiger partial charge in [0, 0.05) is 38.1 Å². The number of nitrogens with one attached hydrogen (secondary N) is 1. The molecule has 0 aromatic heterocycles. The summed E-state index contributed by atoms with van der Waals surface area (Å²) >= 11 is 0. The molecule has 1 heterocycles. The molecule has 0 aromatic carbocycles. The average Bonchev–Trinajstić information content (AvgIpc) is 2.79. The van der Waals surface area contributed by atoms with Crippen molar-refractivity contribution in [2.45, 2.75) is 52.9 Å². The predicted octanol–water partition coefficient (Wildman–Crippen LogP) is 0.852. The van der Waals surface area contributed by atoms with E-state index in [1.807, 2.05) is 13.8 Å². The molecule has 1 aliphatic rings. The van der Waals surface area contributed by atoms with Gasteiger partial charge in [-0.25, -0.2) is 0 Å². The highest BCUT2D eigenvalue weighted by Gasteiger charge is 2.39. The van der Waals surface area contributed by atoms with E-state index in [-0.39, 0.29) is 79.9 Å². The molecule has 3 amide bonds. The van der Waals surface area contributed by atoms with Crippen LogP contribution in [0.5, 0.6) is 0 Å². The zero-order chi connectivity index (χ0) is 18.3. The first kappa shape index (κ1) is 20.0. The summed E-state index contributed by atoms with van der Waals surface area (Å²) < 4.78 is 0. The first-order valence-electron chi connectivity index (χ1n) is 8.34. The molecule has 0 bridgehead atoms. The number of Topliss-reactive ketones (excluding diaryl/α,β-unsaturated/α-hetero) is 2. The number of rotatable bonds is 10. The topological polar surface area (TPSA) is 101 Å². The molecule has 134 valence electrons. The van der Waals surface area contributed by atoms with Gasteiger partial charge in [-0.15, -0.1) is 0 Å². The lowest BCUT2D eigenvalue weighted by Crippen LogP contribution is -2.32. The number of likely N-dealkylation sites (tertiary alicyclic amines) is 1. The normalized spacial score (nSPS) is 17.5. The molecule has 1 saturated heterocycles. The fourth-order valence-electron chi connectivity index (χ4n) is 2.59. The second kappa shape index (κ2) is 9.30. The van der Waals surface area contributed by atoms with Gasteiger partial charge in [-0.1, -0.05) is 13.8 Å². The zero-order valence-corrected chi connectivity index (χ0v) is 14.6. The summed E-state index contributed by atoms with van der Waals surface area (Å²) in [6, 6.07) is 0. The minimum Gasteiger partial charge on any atom is -0.349 e. The Morgan fingerprint density at radius 3 is 2.38 bits per heavy atom. The van der Waals surface area contributed by atoms with Crippen molar-refractivity contribution in [3.63, 3.8) is 0 Å². The molecule has 24 heavy (non-hydrogen) atoms. The maximum atomic E-state index is 12.1. The van der Waals surface area contributed by atoms with Crippen LogP contribution in [0.25, 0.3) is 0 Å². The molecule has 1 aliphatic heterocycles. The van der Waals surface area contributed by atoms with Gasteiger partial charge in [0.1, 0.15) is 11.6 Å². The number of amides is 3. The van der Waals surface area contributed by atoms with Crippen molar-refractivity contribution in [2.24, 2.45) is 11.8 Å². The van der Waals surface area contributed by atoms with Crippen LogP contribution in [-0.2, 0) is 24.0 Å². The predicted molar refractivity (Wildman–Crippen MR) is 86.8 cm³/mol. The third kappa shape index (κ3) is 6.22. The summed E-state index contributed by atoms with van der Waals surface area (Å²) in [5.41, 5.74) is 0. The third-order valence-electron chi connectivity index (χ3n) is 4.09. The Hall–Kier alpha value is -2.05. The molecule has 0 aliphatic carbocycles. The molecular formula is C17H26N2O5. The van der Waals surface area contributed by atoms with E-state index in [1.54, 1.807) is 0 Å². The Kier molecular flexibility index (Phi) is 7.74. The number of hydrogen-bond acceptors (Lipinski definition) is 5. The lowest BCUT2D eigenvalue weighted by molar-refractivity contribution is -0.140. The zero-order valence-electron chi connectivity index (χ0n) is 14.6. The summed E-state index contributed by atoms with van der Waals surface area (Å²) in [6.07, 6.45) is 1.03. The van der Waals surface area contributed by atoms with Crippen LogP contribution < -0.4 is 5.32 Å². The molecule has 0 radical (unpaired) electrons. The van der Waals surface area contributed by atoms with Crippen molar-refractivity contribution in [3.05, 3.63) is 0 Å². The number of nitrogens with zero attached hydrogens (tertiary/aromatic N) is 1. The van der Waals surface area contributed by atoms with Crippen LogP contribution in [-0.4, -0.2) is 47.3 Å². The third-order valence-corrected chi connectivity index (χ3v) is 4.09. The van der Waals surface area contributed by atoms with E-state index in [0.717, 1.165) is 0 Å². The van der Waals surface area contributed by atoms with Gasteiger partial charge in [0.2, 0.25) is 17.7 Å². The van der Waals surface area contributed by atoms with E-state index in [4.69, 9.17) is 0 Å². The van der Waals surface area contributed by atoms with Crippen molar-refractivity contribution < 1.29 is 24.0 Å². The van der Waals surface area contributed by atoms with Crippen LogP contribution in [0.2, 0.25) is 0 Å². The van der Waals surface area contributed by atoms with Gasteiger partial charge >= 0.3 is 0 Å². The summed E-state index contributed by atoms with van der Waals surface area (Å²) in [5.74, 6) is -1.01. The number of hydrogen-bond donors (Lipinski definition) is 1. The molecule has 1 fully saturated rings. The number of carbonyl (C=O) groups is 5. The van der Waals surface area contributed by atoms with Crippen LogP contribution in [0, 0.1) is 11.8 Å². The molecule has 7 heteroatoms. The summed E-state index contributed by atoms with van der Waals surface area (Å²) in [7, 11) is 0. The van der Waals surface area contributed by atoms with Crippen molar-refractivity contribution >= 4 is 29.3 Å². The van der Waals surface area contributed by atoms with E-state index < -0.39 is 0 Å². The van der Waals surface area contributed by atoms with Crippen LogP contribution in [0.15, 0.2) is 0 Å². The number of carbonyl (C=O) groups excluding carboxylic acids is 5. The molecule has 0 spiro atoms. The smallest absolute Gasteiger partial charge is 0.233 e. The highest BCUT2D eigenvalue weighted by Crippen LogP contribution is 2.26. The standard InChI is InChI=1S/C17H26N2O5/c1-11(2)14-9-16(23)19(17(14)24)8-4-5-13(21)6-7-15(22)18-10-12(3)20/h11,14H,4-10H2,1-3H3,(H,18,22). The summed E-state index contributed by atoms with van der Waals surface area (Å²) in [5, 5.41) is 2.43. The SMILES string of the molecule is CC(=O)CNC(=O)CCC(=O)CCCN1C(=O)CC(C(C)C)C1=O. The Balaban J connectivity index is 2.26. The molecule has 1 rings (SSSR count). The molecule has 0 aromatic rings. The lowest BCUT2D eigenvalue weighted by Gasteiger charge is -2.16. The molecule has 7 nitrogen and oxygen atoms in total. The second-order valence-electron chi connectivity index (χ2n) is 6.56. The number of ketones is 2. The van der Waals surface area contributed by atoms with Gasteiger partial charge in [0.25, 0.3) is 0 Å². The fraction of sp³-hybridized carbons (Fsp3) is 0.706. The van der Waals surface area contributed by atoms with E-state index in [0.29, 0.717) is 6.42 Å². The van der Waals surface area contributed by atoms with E-state index >= 15 is 0 Å². The van der Waals surface area contributed by atoms with Crippen molar-refractivity contribution in [1.82, 2.24) is 10.2 Å². The van der Waals surface area contributed by atoms with Gasteiger partial charge in [-0.3, -0.25) is 28.9 Å². The average molecular weight is 338 g/mol. The van der Waals surface area contributed by atoms with E-state index in [1.165, 1.54) is 11.8 Å². The Labute approximate surface area is 142 Å². The maximum Gasteiger partial charge on any atom is 0.233 e. The highest BCUT2D eigenvalue weighted by atomic mass is 16.2. The minimum absolute atomic E-state index is 0.0246. The van der Waals surface area contributed by atoms with Crippen molar-refractivity contribution in [2.75, 3.05) is 13.1 Å². The van der Waals surface area contributed by atoms with Gasteiger partial charge < -0.3 is 5.32 Å². The van der Waals surface area contributed by atoms with E-state index in [2.05, 4.69) is 5.32 Å². The first-order chi connectivity index (χ1) is 11.2. The largest absolute Gasteiger partial charge is 0.349 e. The lowest BCUT2D eigenvalue weighted by atomic mass is 9.94. The monoisotopic (exact) mass is 338 g/mol. The molecule has 1 atom stereocenters. The van der Waals surface area contributed by atoms with Crippen molar-refractivity contribution in [1.29, 1.82) is 0 Å².